The maximum absolute atomic E-state index is 5.89. The van der Waals surface area contributed by atoms with E-state index in [9.17, 15) is 0 Å². The Kier molecular flexibility index (Phi) is 5.76. The summed E-state index contributed by atoms with van der Waals surface area (Å²) in [6.07, 6.45) is 2.07. The van der Waals surface area contributed by atoms with Crippen LogP contribution in [0.1, 0.15) is 45.4 Å². The third-order valence-electron chi connectivity index (χ3n) is 3.62. The molecule has 0 radical (unpaired) electrons. The molecule has 1 aromatic carbocycles. The van der Waals surface area contributed by atoms with Crippen LogP contribution in [-0.4, -0.2) is 22.7 Å². The molecule has 0 spiro atoms. The molecule has 114 valence electrons. The summed E-state index contributed by atoms with van der Waals surface area (Å²) in [6.45, 7) is 7.46. The van der Waals surface area contributed by atoms with Gasteiger partial charge < -0.3 is 9.84 Å². The van der Waals surface area contributed by atoms with E-state index >= 15 is 0 Å². The van der Waals surface area contributed by atoms with E-state index < -0.39 is 0 Å². The molecule has 0 aliphatic heterocycles. The predicted octanol–water partition coefficient (Wildman–Crippen LogP) is 4.27. The van der Waals surface area contributed by atoms with Gasteiger partial charge in [-0.15, -0.1) is 0 Å². The summed E-state index contributed by atoms with van der Waals surface area (Å²) >= 11 is 5.89. The van der Waals surface area contributed by atoms with Crippen LogP contribution in [-0.2, 0) is 0 Å². The van der Waals surface area contributed by atoms with Crippen molar-refractivity contribution in [2.24, 2.45) is 0 Å². The highest BCUT2D eigenvalue weighted by molar-refractivity contribution is 6.30. The normalized spacial score (nSPS) is 14.1. The van der Waals surface area contributed by atoms with Gasteiger partial charge in [-0.05, 0) is 50.6 Å². The minimum Gasteiger partial charge on any atom is -0.339 e. The Morgan fingerprint density at radius 2 is 1.95 bits per heavy atom. The smallest absolute Gasteiger partial charge is 0.231 e. The van der Waals surface area contributed by atoms with Gasteiger partial charge in [-0.25, -0.2) is 0 Å². The number of halogens is 1. The Hall–Kier alpha value is -1.39. The van der Waals surface area contributed by atoms with Crippen LogP contribution in [0, 0.1) is 0 Å². The average molecular weight is 308 g/mol. The molecule has 1 aromatic heterocycles. The van der Waals surface area contributed by atoms with Crippen molar-refractivity contribution in [3.63, 3.8) is 0 Å². The van der Waals surface area contributed by atoms with Gasteiger partial charge in [0.25, 0.3) is 0 Å². The molecule has 1 heterocycles. The molecule has 1 N–H and O–H groups in total. The first-order chi connectivity index (χ1) is 10.2. The fraction of sp³-hybridized carbons (Fsp3) is 0.500. The fourth-order valence-electron chi connectivity index (χ4n) is 2.36. The molecule has 0 bridgehead atoms. The first-order valence-electron chi connectivity index (χ1n) is 7.48. The standard InChI is InChI=1S/C16H22ClN3O/c1-4-10-18-11(3)14(5-2)16-19-15(20-21-16)12-6-8-13(17)9-7-12/h6-9,11,14,18H,4-5,10H2,1-3H3. The molecule has 0 saturated carbocycles. The highest BCUT2D eigenvalue weighted by Gasteiger charge is 2.23. The summed E-state index contributed by atoms with van der Waals surface area (Å²) in [5.74, 6) is 1.53. The molecule has 2 unspecified atom stereocenters. The molecule has 2 atom stereocenters. The monoisotopic (exact) mass is 307 g/mol. The lowest BCUT2D eigenvalue weighted by Gasteiger charge is -2.20. The van der Waals surface area contributed by atoms with Crippen molar-refractivity contribution in [2.75, 3.05) is 6.54 Å². The van der Waals surface area contributed by atoms with E-state index in [1.54, 1.807) is 0 Å². The molecule has 4 nitrogen and oxygen atoms in total. The van der Waals surface area contributed by atoms with Crippen LogP contribution in [0.3, 0.4) is 0 Å². The van der Waals surface area contributed by atoms with Crippen LogP contribution >= 0.6 is 11.6 Å². The summed E-state index contributed by atoms with van der Waals surface area (Å²) in [7, 11) is 0. The molecule has 2 aromatic rings. The summed E-state index contributed by atoms with van der Waals surface area (Å²) < 4.78 is 5.47. The lowest BCUT2D eigenvalue weighted by molar-refractivity contribution is 0.316. The van der Waals surface area contributed by atoms with Gasteiger partial charge in [0.05, 0.1) is 5.92 Å². The van der Waals surface area contributed by atoms with Crippen LogP contribution in [0.25, 0.3) is 11.4 Å². The number of hydrogen-bond donors (Lipinski definition) is 1. The summed E-state index contributed by atoms with van der Waals surface area (Å²) in [5, 5.41) is 8.28. The third kappa shape index (κ3) is 4.05. The van der Waals surface area contributed by atoms with Gasteiger partial charge in [-0.3, -0.25) is 0 Å². The number of hydrogen-bond acceptors (Lipinski definition) is 4. The number of benzene rings is 1. The van der Waals surface area contributed by atoms with Crippen molar-refractivity contribution in [3.05, 3.63) is 35.2 Å². The minimum absolute atomic E-state index is 0.227. The van der Waals surface area contributed by atoms with Crippen LogP contribution < -0.4 is 5.32 Å². The molecule has 0 aliphatic carbocycles. The van der Waals surface area contributed by atoms with Gasteiger partial charge >= 0.3 is 0 Å². The largest absolute Gasteiger partial charge is 0.339 e. The van der Waals surface area contributed by atoms with Crippen molar-refractivity contribution in [1.29, 1.82) is 0 Å². The SMILES string of the molecule is CCCNC(C)C(CC)c1nc(-c2ccc(Cl)cc2)no1. The second-order valence-electron chi connectivity index (χ2n) is 5.22. The first kappa shape index (κ1) is 16.0. The van der Waals surface area contributed by atoms with E-state index in [2.05, 4.69) is 36.2 Å². The Bertz CT molecular complexity index is 553. The van der Waals surface area contributed by atoms with E-state index in [1.807, 2.05) is 24.3 Å². The Labute approximate surface area is 130 Å². The Balaban J connectivity index is 2.15. The summed E-state index contributed by atoms with van der Waals surface area (Å²) in [5.41, 5.74) is 0.915. The van der Waals surface area contributed by atoms with Crippen molar-refractivity contribution in [3.8, 4) is 11.4 Å². The molecular weight excluding hydrogens is 286 g/mol. The molecule has 0 aliphatic rings. The third-order valence-corrected chi connectivity index (χ3v) is 3.87. The predicted molar refractivity (Wildman–Crippen MR) is 85.5 cm³/mol. The van der Waals surface area contributed by atoms with Gasteiger partial charge in [-0.1, -0.05) is 30.6 Å². The van der Waals surface area contributed by atoms with E-state index in [0.29, 0.717) is 22.8 Å². The lowest BCUT2D eigenvalue weighted by Crippen LogP contribution is -2.32. The second-order valence-corrected chi connectivity index (χ2v) is 5.66. The molecule has 21 heavy (non-hydrogen) atoms. The maximum Gasteiger partial charge on any atom is 0.231 e. The van der Waals surface area contributed by atoms with Crippen molar-refractivity contribution < 1.29 is 4.52 Å². The van der Waals surface area contributed by atoms with Crippen molar-refractivity contribution in [1.82, 2.24) is 15.5 Å². The molecular formula is C16H22ClN3O. The zero-order valence-electron chi connectivity index (χ0n) is 12.8. The maximum atomic E-state index is 5.89. The van der Waals surface area contributed by atoms with Crippen molar-refractivity contribution >= 4 is 11.6 Å². The quantitative estimate of drug-likeness (QED) is 0.830. The van der Waals surface area contributed by atoms with Gasteiger partial charge in [0.2, 0.25) is 11.7 Å². The van der Waals surface area contributed by atoms with Crippen molar-refractivity contribution in [2.45, 2.75) is 45.6 Å². The van der Waals surface area contributed by atoms with Gasteiger partial charge in [0, 0.05) is 16.6 Å². The summed E-state index contributed by atoms with van der Waals surface area (Å²) in [6, 6.07) is 7.77. The van der Waals surface area contributed by atoms with Crippen LogP contribution in [0.5, 0.6) is 0 Å². The molecule has 0 saturated heterocycles. The van der Waals surface area contributed by atoms with Crippen LogP contribution in [0.2, 0.25) is 5.02 Å². The van der Waals surface area contributed by atoms with E-state index in [4.69, 9.17) is 16.1 Å². The summed E-state index contributed by atoms with van der Waals surface area (Å²) in [4.78, 5) is 4.55. The van der Waals surface area contributed by atoms with Gasteiger partial charge in [-0.2, -0.15) is 4.98 Å². The lowest BCUT2D eigenvalue weighted by atomic mass is 9.98. The van der Waals surface area contributed by atoms with E-state index in [1.165, 1.54) is 0 Å². The molecule has 0 fully saturated rings. The number of nitrogens with one attached hydrogen (secondary N) is 1. The van der Waals surface area contributed by atoms with E-state index in [-0.39, 0.29) is 5.92 Å². The van der Waals surface area contributed by atoms with E-state index in [0.717, 1.165) is 24.9 Å². The Morgan fingerprint density at radius 3 is 2.57 bits per heavy atom. The van der Waals surface area contributed by atoms with Gasteiger partial charge in [0.15, 0.2) is 0 Å². The number of rotatable bonds is 7. The molecule has 0 amide bonds. The highest BCUT2D eigenvalue weighted by Crippen LogP contribution is 2.25. The zero-order chi connectivity index (χ0) is 15.2. The zero-order valence-corrected chi connectivity index (χ0v) is 13.5. The minimum atomic E-state index is 0.227. The Morgan fingerprint density at radius 1 is 1.24 bits per heavy atom. The number of aromatic nitrogens is 2. The number of nitrogens with zero attached hydrogens (tertiary/aromatic N) is 2. The first-order valence-corrected chi connectivity index (χ1v) is 7.86. The average Bonchev–Trinajstić information content (AvgIpc) is 2.96. The van der Waals surface area contributed by atoms with Crippen LogP contribution in [0.15, 0.2) is 28.8 Å². The van der Waals surface area contributed by atoms with Gasteiger partial charge in [0.1, 0.15) is 0 Å². The fourth-order valence-corrected chi connectivity index (χ4v) is 2.48. The topological polar surface area (TPSA) is 51.0 Å². The molecule has 5 heteroatoms. The molecule has 2 rings (SSSR count). The highest BCUT2D eigenvalue weighted by atomic mass is 35.5. The van der Waals surface area contributed by atoms with Crippen LogP contribution in [0.4, 0.5) is 0 Å². The second kappa shape index (κ2) is 7.57.